The van der Waals surface area contributed by atoms with Crippen LogP contribution in [0.5, 0.6) is 5.75 Å². The van der Waals surface area contributed by atoms with Gasteiger partial charge in [0.25, 0.3) is 0 Å². The molecule has 0 radical (unpaired) electrons. The molecule has 1 amide bonds. The molecular formula is C25H30N2O3. The Hall–Kier alpha value is -3.08. The van der Waals surface area contributed by atoms with Crippen molar-refractivity contribution in [2.24, 2.45) is 0 Å². The summed E-state index contributed by atoms with van der Waals surface area (Å²) in [4.78, 5) is 17.2. The van der Waals surface area contributed by atoms with Gasteiger partial charge < -0.3 is 15.2 Å². The number of nitrogens with zero attached hydrogens (tertiary/aromatic N) is 1. The number of phenols is 1. The van der Waals surface area contributed by atoms with Crippen LogP contribution < -0.4 is 5.32 Å². The highest BCUT2D eigenvalue weighted by molar-refractivity contribution is 5.97. The number of carbonyl (C=O) groups is 1. The zero-order valence-electron chi connectivity index (χ0n) is 18.4. The molecule has 0 aliphatic heterocycles. The Labute approximate surface area is 178 Å². The summed E-state index contributed by atoms with van der Waals surface area (Å²) in [5, 5.41) is 13.9. The maximum Gasteiger partial charge on any atom is 0.407 e. The summed E-state index contributed by atoms with van der Waals surface area (Å²) in [6.07, 6.45) is 1.26. The number of aryl methyl sites for hydroxylation is 2. The minimum atomic E-state index is -0.566. The first-order chi connectivity index (χ1) is 14.2. The molecule has 3 aromatic rings. The zero-order valence-corrected chi connectivity index (χ0v) is 18.4. The predicted octanol–water partition coefficient (Wildman–Crippen LogP) is 5.89. The maximum absolute atomic E-state index is 12.3. The molecule has 2 N–H and O–H groups in total. The summed E-state index contributed by atoms with van der Waals surface area (Å²) in [5.41, 5.74) is 5.33. The van der Waals surface area contributed by atoms with E-state index in [0.29, 0.717) is 6.54 Å². The number of nitrogens with one attached hydrogen (secondary N) is 1. The standard InChI is InChI=1S/C25H30N2O3/c1-6-7-21-20(15-26-24(29)30-25(3,4)5)23(17-10-8-16(2)9-11-17)19-14-18(28)12-13-22(19)27-21/h8-14,28H,6-7,15H2,1-5H3,(H,26,29). The van der Waals surface area contributed by atoms with E-state index in [-0.39, 0.29) is 5.75 Å². The molecule has 3 rings (SSSR count). The number of fused-ring (bicyclic) bond motifs is 1. The number of hydrogen-bond acceptors (Lipinski definition) is 4. The second-order valence-corrected chi connectivity index (χ2v) is 8.58. The van der Waals surface area contributed by atoms with E-state index in [1.807, 2.05) is 33.8 Å². The molecule has 0 aliphatic rings. The summed E-state index contributed by atoms with van der Waals surface area (Å²) in [6.45, 7) is 9.98. The van der Waals surface area contributed by atoms with Gasteiger partial charge in [-0.3, -0.25) is 4.98 Å². The number of rotatable bonds is 5. The van der Waals surface area contributed by atoms with Crippen molar-refractivity contribution in [1.29, 1.82) is 0 Å². The van der Waals surface area contributed by atoms with Crippen LogP contribution in [0, 0.1) is 6.92 Å². The van der Waals surface area contributed by atoms with E-state index in [9.17, 15) is 9.90 Å². The van der Waals surface area contributed by atoms with Crippen molar-refractivity contribution < 1.29 is 14.6 Å². The molecule has 158 valence electrons. The fourth-order valence-corrected chi connectivity index (χ4v) is 3.50. The SMILES string of the molecule is CCCc1nc2ccc(O)cc2c(-c2ccc(C)cc2)c1CNC(=O)OC(C)(C)C. The first-order valence-electron chi connectivity index (χ1n) is 10.4. The van der Waals surface area contributed by atoms with Crippen LogP contribution >= 0.6 is 0 Å². The van der Waals surface area contributed by atoms with Crippen molar-refractivity contribution in [3.8, 4) is 16.9 Å². The predicted molar refractivity (Wildman–Crippen MR) is 121 cm³/mol. The van der Waals surface area contributed by atoms with Crippen molar-refractivity contribution in [2.45, 2.75) is 59.6 Å². The Bertz CT molecular complexity index is 1050. The Balaban J connectivity index is 2.16. The van der Waals surface area contributed by atoms with Gasteiger partial charge in [0.2, 0.25) is 0 Å². The van der Waals surface area contributed by atoms with Gasteiger partial charge in [0.05, 0.1) is 5.52 Å². The molecule has 0 fully saturated rings. The van der Waals surface area contributed by atoms with Gasteiger partial charge in [-0.2, -0.15) is 0 Å². The molecule has 0 aliphatic carbocycles. The number of carbonyl (C=O) groups excluding carboxylic acids is 1. The number of alkyl carbamates (subject to hydrolysis) is 1. The van der Waals surface area contributed by atoms with E-state index in [1.54, 1.807) is 12.1 Å². The van der Waals surface area contributed by atoms with Crippen molar-refractivity contribution in [3.63, 3.8) is 0 Å². The highest BCUT2D eigenvalue weighted by Crippen LogP contribution is 2.35. The number of aromatic nitrogens is 1. The number of amides is 1. The van der Waals surface area contributed by atoms with E-state index in [1.165, 1.54) is 5.56 Å². The number of aromatic hydroxyl groups is 1. The fraction of sp³-hybridized carbons (Fsp3) is 0.360. The van der Waals surface area contributed by atoms with Crippen molar-refractivity contribution in [2.75, 3.05) is 0 Å². The minimum Gasteiger partial charge on any atom is -0.508 e. The largest absolute Gasteiger partial charge is 0.508 e. The molecule has 0 unspecified atom stereocenters. The summed E-state index contributed by atoms with van der Waals surface area (Å²) < 4.78 is 5.42. The van der Waals surface area contributed by atoms with Crippen LogP contribution in [-0.2, 0) is 17.7 Å². The third-order valence-corrected chi connectivity index (χ3v) is 4.79. The van der Waals surface area contributed by atoms with E-state index in [2.05, 4.69) is 36.5 Å². The molecule has 0 atom stereocenters. The van der Waals surface area contributed by atoms with Crippen LogP contribution in [0.1, 0.15) is 50.9 Å². The lowest BCUT2D eigenvalue weighted by atomic mass is 9.92. The first kappa shape index (κ1) is 21.6. The number of ether oxygens (including phenoxy) is 1. The van der Waals surface area contributed by atoms with E-state index < -0.39 is 11.7 Å². The molecule has 0 saturated heterocycles. The van der Waals surface area contributed by atoms with Gasteiger partial charge >= 0.3 is 6.09 Å². The van der Waals surface area contributed by atoms with Gasteiger partial charge in [0.15, 0.2) is 0 Å². The second-order valence-electron chi connectivity index (χ2n) is 8.58. The molecule has 1 heterocycles. The Morgan fingerprint density at radius 2 is 1.83 bits per heavy atom. The van der Waals surface area contributed by atoms with Gasteiger partial charge in [-0.25, -0.2) is 4.79 Å². The van der Waals surface area contributed by atoms with Crippen LogP contribution in [-0.4, -0.2) is 21.8 Å². The van der Waals surface area contributed by atoms with E-state index >= 15 is 0 Å². The van der Waals surface area contributed by atoms with Gasteiger partial charge in [0, 0.05) is 23.2 Å². The van der Waals surface area contributed by atoms with E-state index in [4.69, 9.17) is 9.72 Å². The summed E-state index contributed by atoms with van der Waals surface area (Å²) in [7, 11) is 0. The topological polar surface area (TPSA) is 71.5 Å². The molecular weight excluding hydrogens is 376 g/mol. The average molecular weight is 407 g/mol. The molecule has 0 bridgehead atoms. The maximum atomic E-state index is 12.3. The fourth-order valence-electron chi connectivity index (χ4n) is 3.50. The highest BCUT2D eigenvalue weighted by atomic mass is 16.6. The van der Waals surface area contributed by atoms with Crippen molar-refractivity contribution in [1.82, 2.24) is 10.3 Å². The lowest BCUT2D eigenvalue weighted by Crippen LogP contribution is -2.32. The lowest BCUT2D eigenvalue weighted by molar-refractivity contribution is 0.0523. The van der Waals surface area contributed by atoms with Crippen LogP contribution in [0.4, 0.5) is 4.79 Å². The molecule has 1 aromatic heterocycles. The number of pyridine rings is 1. The summed E-state index contributed by atoms with van der Waals surface area (Å²) in [5.74, 6) is 0.187. The first-order valence-corrected chi connectivity index (χ1v) is 10.4. The molecule has 5 heteroatoms. The smallest absolute Gasteiger partial charge is 0.407 e. The van der Waals surface area contributed by atoms with Gasteiger partial charge in [0.1, 0.15) is 11.4 Å². The molecule has 0 spiro atoms. The quantitative estimate of drug-likeness (QED) is 0.554. The normalized spacial score (nSPS) is 11.5. The lowest BCUT2D eigenvalue weighted by Gasteiger charge is -2.21. The third-order valence-electron chi connectivity index (χ3n) is 4.79. The molecule has 30 heavy (non-hydrogen) atoms. The second kappa shape index (κ2) is 8.74. The Morgan fingerprint density at radius 1 is 1.13 bits per heavy atom. The van der Waals surface area contributed by atoms with Gasteiger partial charge in [-0.15, -0.1) is 0 Å². The number of benzene rings is 2. The monoisotopic (exact) mass is 406 g/mol. The van der Waals surface area contributed by atoms with E-state index in [0.717, 1.165) is 46.1 Å². The van der Waals surface area contributed by atoms with Gasteiger partial charge in [-0.05, 0) is 63.4 Å². The summed E-state index contributed by atoms with van der Waals surface area (Å²) in [6, 6.07) is 13.5. The molecule has 2 aromatic carbocycles. The van der Waals surface area contributed by atoms with Crippen LogP contribution in [0.2, 0.25) is 0 Å². The van der Waals surface area contributed by atoms with Crippen molar-refractivity contribution in [3.05, 3.63) is 59.3 Å². The zero-order chi connectivity index (χ0) is 21.9. The highest BCUT2D eigenvalue weighted by Gasteiger charge is 2.20. The Kier molecular flexibility index (Phi) is 6.30. The van der Waals surface area contributed by atoms with Crippen molar-refractivity contribution >= 4 is 17.0 Å². The summed E-state index contributed by atoms with van der Waals surface area (Å²) >= 11 is 0. The number of hydrogen-bond donors (Lipinski definition) is 2. The molecule has 5 nitrogen and oxygen atoms in total. The van der Waals surface area contributed by atoms with Crippen LogP contribution in [0.15, 0.2) is 42.5 Å². The molecule has 0 saturated carbocycles. The Morgan fingerprint density at radius 3 is 2.47 bits per heavy atom. The minimum absolute atomic E-state index is 0.187. The van der Waals surface area contributed by atoms with Gasteiger partial charge in [-0.1, -0.05) is 43.2 Å². The third kappa shape index (κ3) is 5.09. The van der Waals surface area contributed by atoms with Crippen LogP contribution in [0.3, 0.4) is 0 Å². The number of phenolic OH excluding ortho intramolecular Hbond substituents is 1. The van der Waals surface area contributed by atoms with Crippen LogP contribution in [0.25, 0.3) is 22.0 Å². The average Bonchev–Trinajstić information content (AvgIpc) is 2.66.